The van der Waals surface area contributed by atoms with Crippen molar-refractivity contribution in [3.63, 3.8) is 0 Å². The van der Waals surface area contributed by atoms with Gasteiger partial charge in [0.05, 0.1) is 6.61 Å². The second kappa shape index (κ2) is 16.8. The number of aliphatic hydroxyl groups is 1. The molecular weight excluding hydrogens is 685 g/mol. The first-order chi connectivity index (χ1) is 25.6. The average Bonchev–Trinajstić information content (AvgIpc) is 3.19. The number of halogens is 3. The molecule has 0 atom stereocenters. The zero-order chi connectivity index (χ0) is 38.1. The summed E-state index contributed by atoms with van der Waals surface area (Å²) in [5, 5.41) is 42.6. The van der Waals surface area contributed by atoms with Crippen LogP contribution < -0.4 is 21.8 Å². The van der Waals surface area contributed by atoms with Gasteiger partial charge in [0.15, 0.2) is 17.5 Å². The molecule has 0 fully saturated rings. The molecule has 0 aliphatic carbocycles. The molecule has 0 spiro atoms. The number of nitriles is 2. The Balaban J connectivity index is 0.000000204. The third-order valence-corrected chi connectivity index (χ3v) is 7.89. The molecule has 14 heteroatoms. The van der Waals surface area contributed by atoms with Crippen molar-refractivity contribution in [2.75, 3.05) is 10.6 Å². The lowest BCUT2D eigenvalue weighted by molar-refractivity contribution is 0.282. The Morgan fingerprint density at radius 1 is 0.660 bits per heavy atom. The number of aliphatic hydroxyl groups excluding tert-OH is 1. The number of aromatic nitrogens is 4. The molecule has 2 aromatic heterocycles. The van der Waals surface area contributed by atoms with Crippen LogP contribution in [-0.2, 0) is 19.7 Å². The SMILES string of the molecule is CCn1nc(-c2ccccc2)c(C#N)c(Nc2cc(F)c(F)c(F)c2)c1=O.CCn1nc(-c2ccccc2)c(C#N)c(Nc2ccc(CO)cc2)c1=O. The maximum absolute atomic E-state index is 13.5. The minimum atomic E-state index is -1.62. The summed E-state index contributed by atoms with van der Waals surface area (Å²) in [4.78, 5) is 25.4. The normalized spacial score (nSPS) is 10.4. The van der Waals surface area contributed by atoms with Gasteiger partial charge in [0.1, 0.15) is 46.0 Å². The van der Waals surface area contributed by atoms with E-state index in [0.29, 0.717) is 35.6 Å². The second-order valence-electron chi connectivity index (χ2n) is 11.3. The van der Waals surface area contributed by atoms with Gasteiger partial charge < -0.3 is 15.7 Å². The summed E-state index contributed by atoms with van der Waals surface area (Å²) in [6, 6.07) is 30.5. The summed E-state index contributed by atoms with van der Waals surface area (Å²) in [7, 11) is 0. The minimum absolute atomic E-state index is 0.0558. The Kier molecular flexibility index (Phi) is 11.8. The van der Waals surface area contributed by atoms with Crippen molar-refractivity contribution < 1.29 is 18.3 Å². The Labute approximate surface area is 301 Å². The van der Waals surface area contributed by atoms with E-state index in [1.807, 2.05) is 43.3 Å². The van der Waals surface area contributed by atoms with Crippen molar-refractivity contribution in [1.29, 1.82) is 10.5 Å². The number of aryl methyl sites for hydroxylation is 2. The molecule has 3 N–H and O–H groups in total. The fraction of sp³-hybridized carbons (Fsp3) is 0.128. The Bertz CT molecular complexity index is 2430. The zero-order valence-corrected chi connectivity index (χ0v) is 28.4. The predicted molar refractivity (Wildman–Crippen MR) is 194 cm³/mol. The Morgan fingerprint density at radius 3 is 1.45 bits per heavy atom. The molecule has 0 aliphatic rings. The molecule has 0 radical (unpaired) electrons. The lowest BCUT2D eigenvalue weighted by Gasteiger charge is -2.14. The number of nitrogens with zero attached hydrogens (tertiary/aromatic N) is 6. The molecule has 53 heavy (non-hydrogen) atoms. The fourth-order valence-electron chi connectivity index (χ4n) is 5.23. The highest BCUT2D eigenvalue weighted by molar-refractivity contribution is 5.78. The van der Waals surface area contributed by atoms with Crippen LogP contribution in [0.15, 0.2) is 107 Å². The summed E-state index contributed by atoms with van der Waals surface area (Å²) in [5.41, 5.74) is 2.42. The summed E-state index contributed by atoms with van der Waals surface area (Å²) in [6.45, 7) is 4.07. The van der Waals surface area contributed by atoms with E-state index in [9.17, 15) is 33.3 Å². The van der Waals surface area contributed by atoms with Gasteiger partial charge in [-0.05, 0) is 31.5 Å². The highest BCUT2D eigenvalue weighted by Crippen LogP contribution is 2.28. The van der Waals surface area contributed by atoms with Gasteiger partial charge in [0.25, 0.3) is 11.1 Å². The van der Waals surface area contributed by atoms with E-state index in [1.165, 1.54) is 4.68 Å². The molecule has 0 unspecified atom stereocenters. The summed E-state index contributed by atoms with van der Waals surface area (Å²) < 4.78 is 42.6. The molecule has 6 aromatic rings. The van der Waals surface area contributed by atoms with Gasteiger partial charge in [-0.15, -0.1) is 0 Å². The molecule has 0 saturated carbocycles. The summed E-state index contributed by atoms with van der Waals surface area (Å²) in [6.07, 6.45) is 0. The van der Waals surface area contributed by atoms with E-state index in [4.69, 9.17) is 5.11 Å². The van der Waals surface area contributed by atoms with Gasteiger partial charge in [-0.3, -0.25) is 9.59 Å². The number of benzene rings is 4. The quantitative estimate of drug-likeness (QED) is 0.134. The topological polar surface area (TPSA) is 162 Å². The van der Waals surface area contributed by atoms with Crippen molar-refractivity contribution in [3.05, 3.63) is 152 Å². The number of hydrogen-bond acceptors (Lipinski definition) is 9. The number of nitrogens with one attached hydrogen (secondary N) is 2. The van der Waals surface area contributed by atoms with Crippen LogP contribution in [0.2, 0.25) is 0 Å². The van der Waals surface area contributed by atoms with E-state index < -0.39 is 23.0 Å². The second-order valence-corrected chi connectivity index (χ2v) is 11.3. The van der Waals surface area contributed by atoms with Crippen LogP contribution in [0.1, 0.15) is 30.5 Å². The molecule has 0 saturated heterocycles. The minimum Gasteiger partial charge on any atom is -0.392 e. The molecule has 6 rings (SSSR count). The molecule has 2 heterocycles. The first-order valence-corrected chi connectivity index (χ1v) is 16.2. The van der Waals surface area contributed by atoms with Gasteiger partial charge in [-0.1, -0.05) is 72.8 Å². The van der Waals surface area contributed by atoms with Crippen molar-refractivity contribution in [2.24, 2.45) is 0 Å². The van der Waals surface area contributed by atoms with Gasteiger partial charge in [-0.25, -0.2) is 22.5 Å². The summed E-state index contributed by atoms with van der Waals surface area (Å²) >= 11 is 0. The van der Waals surface area contributed by atoms with Crippen LogP contribution in [0, 0.1) is 40.1 Å². The van der Waals surface area contributed by atoms with Gasteiger partial charge in [0, 0.05) is 47.7 Å². The molecule has 11 nitrogen and oxygen atoms in total. The lowest BCUT2D eigenvalue weighted by Crippen LogP contribution is -2.26. The monoisotopic (exact) mass is 716 g/mol. The van der Waals surface area contributed by atoms with Gasteiger partial charge in [0.2, 0.25) is 0 Å². The molecule has 0 bridgehead atoms. The number of anilines is 4. The Hall–Kier alpha value is -7.03. The number of rotatable bonds is 9. The van der Waals surface area contributed by atoms with Crippen molar-refractivity contribution >= 4 is 22.7 Å². The average molecular weight is 717 g/mol. The standard InChI is InChI=1S/C20H18N4O2.C19H13F3N4O/c1-2-24-20(26)19(22-16-10-8-14(13-25)9-11-16)17(12-21)18(23-24)15-6-4-3-5-7-15;1-2-26-19(27)18(24-12-8-14(20)16(22)15(21)9-12)13(10-23)17(25-26)11-6-4-3-5-7-11/h3-11,22,25H,2,13H2,1H3;3-9,24H,2H2,1H3. The fourth-order valence-corrected chi connectivity index (χ4v) is 5.23. The largest absolute Gasteiger partial charge is 0.392 e. The van der Waals surface area contributed by atoms with Crippen LogP contribution in [0.25, 0.3) is 22.5 Å². The highest BCUT2D eigenvalue weighted by Gasteiger charge is 2.21. The van der Waals surface area contributed by atoms with Crippen molar-refractivity contribution in [2.45, 2.75) is 33.5 Å². The van der Waals surface area contributed by atoms with E-state index in [2.05, 4.69) is 26.9 Å². The molecule has 0 amide bonds. The number of hydrogen-bond donors (Lipinski definition) is 3. The van der Waals surface area contributed by atoms with Crippen molar-refractivity contribution in [1.82, 2.24) is 19.6 Å². The van der Waals surface area contributed by atoms with E-state index >= 15 is 0 Å². The van der Waals surface area contributed by atoms with E-state index in [-0.39, 0.29) is 52.6 Å². The molecule has 266 valence electrons. The molecule has 4 aromatic carbocycles. The van der Waals surface area contributed by atoms with E-state index in [1.54, 1.807) is 61.5 Å². The maximum atomic E-state index is 13.5. The molecule has 0 aliphatic heterocycles. The van der Waals surface area contributed by atoms with Crippen LogP contribution in [0.4, 0.5) is 35.9 Å². The highest BCUT2D eigenvalue weighted by atomic mass is 19.2. The van der Waals surface area contributed by atoms with E-state index in [0.717, 1.165) is 15.8 Å². The maximum Gasteiger partial charge on any atom is 0.291 e. The third kappa shape index (κ3) is 8.14. The smallest absolute Gasteiger partial charge is 0.291 e. The van der Waals surface area contributed by atoms with Crippen LogP contribution in [0.5, 0.6) is 0 Å². The lowest BCUT2D eigenvalue weighted by atomic mass is 10.1. The molecular formula is C39H31F3N8O3. The van der Waals surface area contributed by atoms with Crippen LogP contribution >= 0.6 is 0 Å². The first kappa shape index (κ1) is 37.2. The van der Waals surface area contributed by atoms with Crippen LogP contribution in [0.3, 0.4) is 0 Å². The van der Waals surface area contributed by atoms with Gasteiger partial charge in [-0.2, -0.15) is 20.7 Å². The van der Waals surface area contributed by atoms with Gasteiger partial charge >= 0.3 is 0 Å². The summed E-state index contributed by atoms with van der Waals surface area (Å²) in [5.74, 6) is -4.44. The third-order valence-electron chi connectivity index (χ3n) is 7.89. The first-order valence-electron chi connectivity index (χ1n) is 16.2. The zero-order valence-electron chi connectivity index (χ0n) is 28.4. The Morgan fingerprint density at radius 2 is 1.08 bits per heavy atom. The van der Waals surface area contributed by atoms with Crippen LogP contribution in [-0.4, -0.2) is 24.7 Å². The van der Waals surface area contributed by atoms with Crippen molar-refractivity contribution in [3.8, 4) is 34.7 Å². The predicted octanol–water partition coefficient (Wildman–Crippen LogP) is 7.00.